The molecule has 0 bridgehead atoms. The minimum Gasteiger partial charge on any atom is -0.323 e. The molecule has 1 atom stereocenters. The van der Waals surface area contributed by atoms with E-state index in [4.69, 9.17) is 17.3 Å². The van der Waals surface area contributed by atoms with E-state index in [9.17, 15) is 4.79 Å². The minimum absolute atomic E-state index is 0.0577. The highest BCUT2D eigenvalue weighted by Gasteiger charge is 2.19. The van der Waals surface area contributed by atoms with Crippen molar-refractivity contribution >= 4 is 23.2 Å². The Hall–Kier alpha value is -1.85. The maximum Gasteiger partial charge on any atom is 0.241 e. The summed E-state index contributed by atoms with van der Waals surface area (Å²) < 4.78 is 1.66. The lowest BCUT2D eigenvalue weighted by atomic mass is 10.0. The van der Waals surface area contributed by atoms with E-state index < -0.39 is 6.04 Å². The van der Waals surface area contributed by atoms with Crippen molar-refractivity contribution in [1.82, 2.24) is 9.78 Å². The van der Waals surface area contributed by atoms with Gasteiger partial charge in [-0.2, -0.15) is 5.10 Å². The molecule has 0 saturated heterocycles. The third-order valence-electron chi connectivity index (χ3n) is 2.99. The number of amides is 1. The van der Waals surface area contributed by atoms with Gasteiger partial charge in [-0.3, -0.25) is 4.79 Å². The van der Waals surface area contributed by atoms with Crippen molar-refractivity contribution in [1.29, 1.82) is 0 Å². The molecule has 0 spiro atoms. The first-order valence-corrected chi connectivity index (χ1v) is 6.73. The molecule has 0 unspecified atom stereocenters. The summed E-state index contributed by atoms with van der Waals surface area (Å²) in [5.74, 6) is -0.182. The lowest BCUT2D eigenvalue weighted by molar-refractivity contribution is -0.118. The molecular weight excluding hydrogens is 276 g/mol. The number of carbonyl (C=O) groups is 1. The molecule has 20 heavy (non-hydrogen) atoms. The Morgan fingerprint density at radius 1 is 1.45 bits per heavy atom. The zero-order chi connectivity index (χ0) is 14.7. The molecule has 1 heterocycles. The van der Waals surface area contributed by atoms with Crippen LogP contribution in [0.4, 0.5) is 5.69 Å². The Morgan fingerprint density at radius 2 is 2.20 bits per heavy atom. The van der Waals surface area contributed by atoms with Crippen LogP contribution in [0.25, 0.3) is 5.69 Å². The van der Waals surface area contributed by atoms with Crippen LogP contribution in [0.3, 0.4) is 0 Å². The normalized spacial score (nSPS) is 12.4. The average molecular weight is 293 g/mol. The molecule has 1 aromatic heterocycles. The maximum absolute atomic E-state index is 12.1. The number of rotatable bonds is 4. The van der Waals surface area contributed by atoms with E-state index in [0.717, 1.165) is 5.69 Å². The smallest absolute Gasteiger partial charge is 0.241 e. The number of aromatic nitrogens is 2. The molecule has 5 nitrogen and oxygen atoms in total. The predicted molar refractivity (Wildman–Crippen MR) is 80.0 cm³/mol. The molecule has 6 heteroatoms. The van der Waals surface area contributed by atoms with Crippen LogP contribution in [0.2, 0.25) is 5.02 Å². The van der Waals surface area contributed by atoms with Gasteiger partial charge in [-0.25, -0.2) is 4.68 Å². The first kappa shape index (κ1) is 14.6. The van der Waals surface area contributed by atoms with E-state index in [1.54, 1.807) is 41.3 Å². The molecule has 2 aromatic rings. The summed E-state index contributed by atoms with van der Waals surface area (Å²) in [5, 5.41) is 7.50. The van der Waals surface area contributed by atoms with E-state index in [1.807, 2.05) is 13.8 Å². The molecule has 106 valence electrons. The standard InChI is InChI=1S/C14H17ClN4O/c1-9(2)13(16)14(20)18-11-8-10(15)4-5-12(11)19-7-3-6-17-19/h3-9,13H,16H2,1-2H3,(H,18,20)/t13-/m1/s1. The van der Waals surface area contributed by atoms with E-state index in [1.165, 1.54) is 0 Å². The average Bonchev–Trinajstić information content (AvgIpc) is 2.91. The quantitative estimate of drug-likeness (QED) is 0.909. The second kappa shape index (κ2) is 6.07. The molecule has 0 radical (unpaired) electrons. The van der Waals surface area contributed by atoms with Crippen LogP contribution in [0.1, 0.15) is 13.8 Å². The number of carbonyl (C=O) groups excluding carboxylic acids is 1. The Labute approximate surface area is 122 Å². The monoisotopic (exact) mass is 292 g/mol. The summed E-state index contributed by atoms with van der Waals surface area (Å²) in [4.78, 5) is 12.1. The molecule has 0 aliphatic heterocycles. The fraction of sp³-hybridized carbons (Fsp3) is 0.286. The van der Waals surface area contributed by atoms with Crippen LogP contribution in [0, 0.1) is 5.92 Å². The zero-order valence-corrected chi connectivity index (χ0v) is 12.1. The van der Waals surface area contributed by atoms with Crippen molar-refractivity contribution in [3.05, 3.63) is 41.7 Å². The zero-order valence-electron chi connectivity index (χ0n) is 11.4. The van der Waals surface area contributed by atoms with Gasteiger partial charge in [0.15, 0.2) is 0 Å². The molecule has 0 aliphatic rings. The van der Waals surface area contributed by atoms with Gasteiger partial charge in [0.25, 0.3) is 0 Å². The van der Waals surface area contributed by atoms with Gasteiger partial charge in [-0.1, -0.05) is 25.4 Å². The molecular formula is C14H17ClN4O. The summed E-state index contributed by atoms with van der Waals surface area (Å²) in [7, 11) is 0. The second-order valence-electron chi connectivity index (χ2n) is 4.87. The van der Waals surface area contributed by atoms with Crippen LogP contribution < -0.4 is 11.1 Å². The van der Waals surface area contributed by atoms with Crippen molar-refractivity contribution in [3.63, 3.8) is 0 Å². The highest BCUT2D eigenvalue weighted by atomic mass is 35.5. The molecule has 1 amide bonds. The Kier molecular flexibility index (Phi) is 4.42. The van der Waals surface area contributed by atoms with E-state index in [-0.39, 0.29) is 11.8 Å². The summed E-state index contributed by atoms with van der Waals surface area (Å²) in [5.41, 5.74) is 7.17. The summed E-state index contributed by atoms with van der Waals surface area (Å²) in [6.07, 6.45) is 3.46. The number of benzene rings is 1. The van der Waals surface area contributed by atoms with E-state index >= 15 is 0 Å². The van der Waals surface area contributed by atoms with Crippen molar-refractivity contribution in [3.8, 4) is 5.69 Å². The van der Waals surface area contributed by atoms with Gasteiger partial charge in [0.05, 0.1) is 17.4 Å². The number of anilines is 1. The molecule has 3 N–H and O–H groups in total. The number of nitrogens with one attached hydrogen (secondary N) is 1. The van der Waals surface area contributed by atoms with Crippen LogP contribution in [0.5, 0.6) is 0 Å². The molecule has 2 rings (SSSR count). The van der Waals surface area contributed by atoms with Gasteiger partial charge in [0.2, 0.25) is 5.91 Å². The highest BCUT2D eigenvalue weighted by molar-refractivity contribution is 6.31. The maximum atomic E-state index is 12.1. The van der Waals surface area contributed by atoms with Gasteiger partial charge in [0, 0.05) is 17.4 Å². The molecule has 1 aromatic carbocycles. The molecule has 0 saturated carbocycles. The highest BCUT2D eigenvalue weighted by Crippen LogP contribution is 2.24. The second-order valence-corrected chi connectivity index (χ2v) is 5.31. The predicted octanol–water partition coefficient (Wildman–Crippen LogP) is 2.45. The lowest BCUT2D eigenvalue weighted by Gasteiger charge is -2.17. The largest absolute Gasteiger partial charge is 0.323 e. The Bertz CT molecular complexity index is 595. The number of halogens is 1. The van der Waals surface area contributed by atoms with E-state index in [2.05, 4.69) is 10.4 Å². The summed E-state index contributed by atoms with van der Waals surface area (Å²) in [6, 6.07) is 6.46. The lowest BCUT2D eigenvalue weighted by Crippen LogP contribution is -2.39. The van der Waals surface area contributed by atoms with Crippen molar-refractivity contribution in [2.75, 3.05) is 5.32 Å². The van der Waals surface area contributed by atoms with Crippen LogP contribution in [0.15, 0.2) is 36.7 Å². The van der Waals surface area contributed by atoms with Gasteiger partial charge in [0.1, 0.15) is 0 Å². The fourth-order valence-electron chi connectivity index (χ4n) is 1.74. The number of hydrogen-bond acceptors (Lipinski definition) is 3. The molecule has 0 aliphatic carbocycles. The van der Waals surface area contributed by atoms with Gasteiger partial charge in [-0.15, -0.1) is 0 Å². The Balaban J connectivity index is 2.31. The van der Waals surface area contributed by atoms with Crippen LogP contribution in [-0.4, -0.2) is 21.7 Å². The number of nitrogens with two attached hydrogens (primary N) is 1. The minimum atomic E-state index is -0.570. The molecule has 0 fully saturated rings. The number of hydrogen-bond donors (Lipinski definition) is 2. The van der Waals surface area contributed by atoms with Crippen molar-refractivity contribution < 1.29 is 4.79 Å². The summed E-state index contributed by atoms with van der Waals surface area (Å²) in [6.45, 7) is 3.80. The third kappa shape index (κ3) is 3.18. The SMILES string of the molecule is CC(C)[C@@H](N)C(=O)Nc1cc(Cl)ccc1-n1cccn1. The number of nitrogens with zero attached hydrogens (tertiary/aromatic N) is 2. The van der Waals surface area contributed by atoms with Crippen molar-refractivity contribution in [2.24, 2.45) is 11.7 Å². The first-order chi connectivity index (χ1) is 9.49. The first-order valence-electron chi connectivity index (χ1n) is 6.35. The van der Waals surface area contributed by atoms with Gasteiger partial charge in [-0.05, 0) is 30.2 Å². The van der Waals surface area contributed by atoms with Crippen LogP contribution in [-0.2, 0) is 4.79 Å². The van der Waals surface area contributed by atoms with Crippen LogP contribution >= 0.6 is 11.6 Å². The van der Waals surface area contributed by atoms with Gasteiger partial charge >= 0.3 is 0 Å². The topological polar surface area (TPSA) is 72.9 Å². The summed E-state index contributed by atoms with van der Waals surface area (Å²) >= 11 is 5.99. The Morgan fingerprint density at radius 3 is 2.80 bits per heavy atom. The third-order valence-corrected chi connectivity index (χ3v) is 3.22. The van der Waals surface area contributed by atoms with Crippen molar-refractivity contribution in [2.45, 2.75) is 19.9 Å². The van der Waals surface area contributed by atoms with Gasteiger partial charge < -0.3 is 11.1 Å². The van der Waals surface area contributed by atoms with E-state index in [0.29, 0.717) is 10.7 Å². The fourth-order valence-corrected chi connectivity index (χ4v) is 1.91.